The Kier molecular flexibility index (Phi) is 5.47. The molecule has 0 saturated carbocycles. The predicted molar refractivity (Wildman–Crippen MR) is 118 cm³/mol. The van der Waals surface area contributed by atoms with Gasteiger partial charge in [0, 0.05) is 17.1 Å². The normalized spacial score (nSPS) is 15.3. The third-order valence-electron chi connectivity index (χ3n) is 5.63. The van der Waals surface area contributed by atoms with Crippen LogP contribution >= 0.6 is 0 Å². The predicted octanol–water partition coefficient (Wildman–Crippen LogP) is 3.36. The Labute approximate surface area is 188 Å². The first-order valence-corrected chi connectivity index (χ1v) is 10.1. The van der Waals surface area contributed by atoms with Crippen molar-refractivity contribution in [1.82, 2.24) is 14.8 Å². The maximum atomic E-state index is 13.0. The van der Waals surface area contributed by atoms with Gasteiger partial charge in [0.1, 0.15) is 11.3 Å². The Morgan fingerprint density at radius 1 is 1.12 bits per heavy atom. The molecule has 0 aliphatic carbocycles. The van der Waals surface area contributed by atoms with Gasteiger partial charge in [0.25, 0.3) is 11.8 Å². The summed E-state index contributed by atoms with van der Waals surface area (Å²) in [5.74, 6) is -2.13. The van der Waals surface area contributed by atoms with Crippen LogP contribution in [0.2, 0.25) is 0 Å². The number of nitrogens with zero attached hydrogens (tertiary/aromatic N) is 2. The maximum Gasteiger partial charge on any atom is 0.336 e. The summed E-state index contributed by atoms with van der Waals surface area (Å²) >= 11 is 0. The average molecular weight is 447 g/mol. The van der Waals surface area contributed by atoms with Gasteiger partial charge in [0.15, 0.2) is 0 Å². The molecule has 2 N–H and O–H groups in total. The molecular weight excluding hydrogens is 426 g/mol. The number of carboxylic acid groups (broad SMARTS) is 1. The summed E-state index contributed by atoms with van der Waals surface area (Å²) in [7, 11) is 0. The second-order valence-electron chi connectivity index (χ2n) is 7.70. The molecule has 0 bridgehead atoms. The molecule has 9 heteroatoms. The number of barbiturate groups is 1. The summed E-state index contributed by atoms with van der Waals surface area (Å²) in [6.45, 7) is 5.27. The molecular formula is C24H21N3O6. The van der Waals surface area contributed by atoms with E-state index in [1.54, 1.807) is 37.3 Å². The monoisotopic (exact) mass is 447 g/mol. The van der Waals surface area contributed by atoms with E-state index in [0.717, 1.165) is 10.6 Å². The molecule has 0 unspecified atom stereocenters. The van der Waals surface area contributed by atoms with E-state index in [0.29, 0.717) is 28.3 Å². The Morgan fingerprint density at radius 3 is 2.55 bits per heavy atom. The van der Waals surface area contributed by atoms with Crippen molar-refractivity contribution in [3.63, 3.8) is 0 Å². The van der Waals surface area contributed by atoms with Crippen molar-refractivity contribution in [1.29, 1.82) is 0 Å². The average Bonchev–Trinajstić information content (AvgIpc) is 3.36. The number of hydrogen-bond donors (Lipinski definition) is 2. The number of benzene rings is 1. The highest BCUT2D eigenvalue weighted by Gasteiger charge is 2.36. The van der Waals surface area contributed by atoms with Crippen LogP contribution in [0.4, 0.5) is 4.79 Å². The zero-order chi connectivity index (χ0) is 23.9. The molecule has 0 radical (unpaired) electrons. The number of urea groups is 1. The Morgan fingerprint density at radius 2 is 1.88 bits per heavy atom. The number of furan rings is 1. The van der Waals surface area contributed by atoms with Crippen LogP contribution < -0.4 is 5.32 Å². The van der Waals surface area contributed by atoms with Crippen molar-refractivity contribution in [2.75, 3.05) is 0 Å². The molecule has 4 rings (SSSR count). The summed E-state index contributed by atoms with van der Waals surface area (Å²) < 4.78 is 7.08. The van der Waals surface area contributed by atoms with E-state index in [-0.39, 0.29) is 17.7 Å². The van der Waals surface area contributed by atoms with E-state index >= 15 is 0 Å². The lowest BCUT2D eigenvalue weighted by Gasteiger charge is -2.25. The fourth-order valence-electron chi connectivity index (χ4n) is 3.95. The molecule has 3 aromatic rings. The van der Waals surface area contributed by atoms with Crippen LogP contribution in [-0.4, -0.2) is 38.4 Å². The van der Waals surface area contributed by atoms with Gasteiger partial charge in [-0.2, -0.15) is 0 Å². The van der Waals surface area contributed by atoms with Gasteiger partial charge in [-0.25, -0.2) is 9.59 Å². The summed E-state index contributed by atoms with van der Waals surface area (Å²) in [6.07, 6.45) is 2.87. The van der Waals surface area contributed by atoms with Crippen LogP contribution in [0.25, 0.3) is 11.8 Å². The molecule has 0 spiro atoms. The first-order valence-electron chi connectivity index (χ1n) is 10.1. The molecule has 1 aliphatic rings. The molecule has 4 amide bonds. The SMILES string of the molecule is Cc1c(C(=O)O)cccc1-n1c(C)cc(/C=C2\C(=O)NC(=O)N(Cc3ccco3)C2=O)c1C. The fraction of sp³-hybridized carbons (Fsp3) is 0.167. The highest BCUT2D eigenvalue weighted by atomic mass is 16.4. The third kappa shape index (κ3) is 3.84. The standard InChI is InChI=1S/C24H21N3O6/c1-13-10-16(15(3)27(13)20-8-4-7-18(14(20)2)23(30)31)11-19-21(28)25-24(32)26(22(19)29)12-17-6-5-9-33-17/h4-11H,12H2,1-3H3,(H,30,31)(H,25,28,32)/b19-11+. The van der Waals surface area contributed by atoms with Gasteiger partial charge in [-0.3, -0.25) is 19.8 Å². The summed E-state index contributed by atoms with van der Waals surface area (Å²) in [5.41, 5.74) is 3.37. The number of aromatic carboxylic acids is 1. The molecule has 1 aliphatic heterocycles. The van der Waals surface area contributed by atoms with Crippen molar-refractivity contribution >= 4 is 29.9 Å². The van der Waals surface area contributed by atoms with Gasteiger partial charge in [-0.05, 0) is 68.3 Å². The Hall–Kier alpha value is -4.40. The van der Waals surface area contributed by atoms with Gasteiger partial charge in [0.05, 0.1) is 18.4 Å². The lowest BCUT2D eigenvalue weighted by atomic mass is 10.1. The summed E-state index contributed by atoms with van der Waals surface area (Å²) in [4.78, 5) is 50.1. The molecule has 1 aromatic carbocycles. The van der Waals surface area contributed by atoms with Crippen molar-refractivity contribution in [2.24, 2.45) is 0 Å². The van der Waals surface area contributed by atoms with E-state index in [9.17, 15) is 24.3 Å². The lowest BCUT2D eigenvalue weighted by Crippen LogP contribution is -2.53. The molecule has 168 valence electrons. The number of carboxylic acids is 1. The van der Waals surface area contributed by atoms with Crippen LogP contribution in [-0.2, 0) is 16.1 Å². The molecule has 0 atom stereocenters. The van der Waals surface area contributed by atoms with Gasteiger partial charge >= 0.3 is 12.0 Å². The molecule has 3 heterocycles. The van der Waals surface area contributed by atoms with E-state index < -0.39 is 23.8 Å². The molecule has 1 fully saturated rings. The number of imide groups is 2. The smallest absolute Gasteiger partial charge is 0.336 e. The largest absolute Gasteiger partial charge is 0.478 e. The number of nitrogens with one attached hydrogen (secondary N) is 1. The second kappa shape index (κ2) is 8.27. The second-order valence-corrected chi connectivity index (χ2v) is 7.70. The first kappa shape index (κ1) is 21.8. The number of amides is 4. The number of aryl methyl sites for hydroxylation is 1. The highest BCUT2D eigenvalue weighted by molar-refractivity contribution is 6.31. The zero-order valence-electron chi connectivity index (χ0n) is 18.2. The number of hydrogen-bond acceptors (Lipinski definition) is 5. The van der Waals surface area contributed by atoms with Crippen molar-refractivity contribution < 1.29 is 28.7 Å². The third-order valence-corrected chi connectivity index (χ3v) is 5.63. The van der Waals surface area contributed by atoms with Gasteiger partial charge in [-0.1, -0.05) is 6.07 Å². The van der Waals surface area contributed by atoms with E-state index in [4.69, 9.17) is 4.42 Å². The lowest BCUT2D eigenvalue weighted by molar-refractivity contribution is -0.130. The number of carbonyl (C=O) groups excluding carboxylic acids is 3. The fourth-order valence-corrected chi connectivity index (χ4v) is 3.95. The van der Waals surface area contributed by atoms with Crippen LogP contribution in [0, 0.1) is 20.8 Å². The van der Waals surface area contributed by atoms with Crippen LogP contribution in [0.3, 0.4) is 0 Å². The Bertz CT molecular complexity index is 1330. The number of rotatable bonds is 5. The summed E-state index contributed by atoms with van der Waals surface area (Å²) in [6, 6.07) is 9.25. The molecule has 9 nitrogen and oxygen atoms in total. The van der Waals surface area contributed by atoms with Crippen molar-refractivity contribution in [2.45, 2.75) is 27.3 Å². The number of aromatic nitrogens is 1. The van der Waals surface area contributed by atoms with Crippen molar-refractivity contribution in [3.8, 4) is 5.69 Å². The highest BCUT2D eigenvalue weighted by Crippen LogP contribution is 2.27. The minimum atomic E-state index is -1.02. The summed E-state index contributed by atoms with van der Waals surface area (Å²) in [5, 5.41) is 11.6. The molecule has 33 heavy (non-hydrogen) atoms. The van der Waals surface area contributed by atoms with Crippen LogP contribution in [0.15, 0.2) is 52.7 Å². The zero-order valence-corrected chi connectivity index (χ0v) is 18.2. The van der Waals surface area contributed by atoms with Crippen molar-refractivity contribution in [3.05, 3.63) is 82.1 Å². The van der Waals surface area contributed by atoms with Gasteiger partial charge in [0.2, 0.25) is 0 Å². The Balaban J connectivity index is 1.75. The van der Waals surface area contributed by atoms with Gasteiger partial charge < -0.3 is 14.1 Å². The van der Waals surface area contributed by atoms with Gasteiger partial charge in [-0.15, -0.1) is 0 Å². The number of carbonyl (C=O) groups is 4. The van der Waals surface area contributed by atoms with E-state index in [1.807, 2.05) is 18.4 Å². The molecule has 2 aromatic heterocycles. The van der Waals surface area contributed by atoms with E-state index in [2.05, 4.69) is 5.32 Å². The van der Waals surface area contributed by atoms with E-state index in [1.165, 1.54) is 18.4 Å². The molecule has 1 saturated heterocycles. The first-order chi connectivity index (χ1) is 15.7. The van der Waals surface area contributed by atoms with Crippen LogP contribution in [0.1, 0.15) is 38.6 Å². The van der Waals surface area contributed by atoms with Crippen LogP contribution in [0.5, 0.6) is 0 Å². The minimum Gasteiger partial charge on any atom is -0.478 e. The quantitative estimate of drug-likeness (QED) is 0.457. The topological polar surface area (TPSA) is 122 Å². The minimum absolute atomic E-state index is 0.109. The maximum absolute atomic E-state index is 13.0.